The number of allylic oxidation sites excluding steroid dienone is 1. The smallest absolute Gasteiger partial charge is 0.327 e. The molecule has 0 aliphatic carbocycles. The molecule has 1 N–H and O–H groups in total. The second-order valence-corrected chi connectivity index (χ2v) is 5.97. The molecular formula is C12H25O4P. The fourth-order valence-corrected chi connectivity index (χ4v) is 2.13. The van der Waals surface area contributed by atoms with Gasteiger partial charge in [-0.3, -0.25) is 4.57 Å². The Balaban J connectivity index is 3.19. The lowest BCUT2D eigenvalue weighted by Gasteiger charge is -2.08. The summed E-state index contributed by atoms with van der Waals surface area (Å²) in [5, 5.41) is 0. The molecule has 1 unspecified atom stereocenters. The highest BCUT2D eigenvalue weighted by atomic mass is 31.2. The van der Waals surface area contributed by atoms with E-state index in [2.05, 4.69) is 23.6 Å². The van der Waals surface area contributed by atoms with Crippen molar-refractivity contribution in [3.8, 4) is 0 Å². The molecule has 0 rings (SSSR count). The molecule has 0 saturated carbocycles. The highest BCUT2D eigenvalue weighted by Gasteiger charge is 2.15. The largest absolute Gasteiger partial charge is 0.381 e. The van der Waals surface area contributed by atoms with E-state index in [1.807, 2.05) is 0 Å². The molecular weight excluding hydrogens is 239 g/mol. The van der Waals surface area contributed by atoms with Crippen LogP contribution in [-0.2, 0) is 13.8 Å². The first kappa shape index (κ1) is 16.9. The molecule has 0 aromatic heterocycles. The molecule has 4 nitrogen and oxygen atoms in total. The minimum Gasteiger partial charge on any atom is -0.381 e. The van der Waals surface area contributed by atoms with Gasteiger partial charge in [0.25, 0.3) is 0 Å². The van der Waals surface area contributed by atoms with Crippen molar-refractivity contribution in [2.75, 3.05) is 26.5 Å². The minimum absolute atomic E-state index is 0.239. The Morgan fingerprint density at radius 3 is 2.59 bits per heavy atom. The molecule has 1 atom stereocenters. The third kappa shape index (κ3) is 12.1. The van der Waals surface area contributed by atoms with Gasteiger partial charge in [0.15, 0.2) is 0 Å². The van der Waals surface area contributed by atoms with Gasteiger partial charge in [-0.25, -0.2) is 0 Å². The summed E-state index contributed by atoms with van der Waals surface area (Å²) in [6, 6.07) is 0. The first-order valence-electron chi connectivity index (χ1n) is 6.22. The molecule has 0 radical (unpaired) electrons. The summed E-state index contributed by atoms with van der Waals surface area (Å²) in [6.45, 7) is 3.59. The Labute approximate surface area is 105 Å². The third-order valence-corrected chi connectivity index (χ3v) is 3.80. The van der Waals surface area contributed by atoms with Crippen LogP contribution in [0.1, 0.15) is 39.0 Å². The topological polar surface area (TPSA) is 55.8 Å². The van der Waals surface area contributed by atoms with E-state index in [0.717, 1.165) is 38.9 Å². The summed E-state index contributed by atoms with van der Waals surface area (Å²) >= 11 is 0. The predicted octanol–water partition coefficient (Wildman–Crippen LogP) is 3.36. The molecule has 0 aliphatic rings. The van der Waals surface area contributed by atoms with Gasteiger partial charge in [0.1, 0.15) is 0 Å². The normalized spacial score (nSPS) is 15.2. The van der Waals surface area contributed by atoms with Crippen molar-refractivity contribution in [2.24, 2.45) is 0 Å². The molecule has 0 aliphatic heterocycles. The van der Waals surface area contributed by atoms with Crippen molar-refractivity contribution in [1.82, 2.24) is 0 Å². The molecule has 0 bridgehead atoms. The summed E-state index contributed by atoms with van der Waals surface area (Å²) < 4.78 is 21.0. The number of unbranched alkanes of at least 4 members (excludes halogenated alkanes) is 2. The highest BCUT2D eigenvalue weighted by Crippen LogP contribution is 2.41. The Morgan fingerprint density at radius 2 is 1.94 bits per heavy atom. The van der Waals surface area contributed by atoms with Crippen LogP contribution >= 0.6 is 7.60 Å². The molecule has 5 heteroatoms. The number of rotatable bonds is 11. The van der Waals surface area contributed by atoms with E-state index in [0.29, 0.717) is 6.42 Å². The van der Waals surface area contributed by atoms with Crippen LogP contribution in [0.25, 0.3) is 0 Å². The van der Waals surface area contributed by atoms with Gasteiger partial charge in [0, 0.05) is 19.9 Å². The maximum absolute atomic E-state index is 11.1. The maximum atomic E-state index is 11.1. The highest BCUT2D eigenvalue weighted by molar-refractivity contribution is 7.52. The van der Waals surface area contributed by atoms with E-state index in [-0.39, 0.29) is 6.16 Å². The quantitative estimate of drug-likeness (QED) is 0.353. The fraction of sp³-hybridized carbons (Fsp3) is 0.833. The van der Waals surface area contributed by atoms with Crippen LogP contribution < -0.4 is 0 Å². The lowest BCUT2D eigenvalue weighted by molar-refractivity contribution is 0.134. The van der Waals surface area contributed by atoms with Gasteiger partial charge in [-0.15, -0.1) is 0 Å². The lowest BCUT2D eigenvalue weighted by Crippen LogP contribution is -1.97. The van der Waals surface area contributed by atoms with Crippen molar-refractivity contribution >= 4 is 7.60 Å². The second-order valence-electron chi connectivity index (χ2n) is 3.88. The summed E-state index contributed by atoms with van der Waals surface area (Å²) in [5.74, 6) is 0. The average molecular weight is 264 g/mol. The van der Waals surface area contributed by atoms with Crippen LogP contribution in [-0.4, -0.2) is 31.4 Å². The van der Waals surface area contributed by atoms with Crippen LogP contribution in [0.2, 0.25) is 0 Å². The van der Waals surface area contributed by atoms with Crippen LogP contribution in [0.3, 0.4) is 0 Å². The molecule has 0 fully saturated rings. The van der Waals surface area contributed by atoms with E-state index < -0.39 is 7.60 Å². The SMILES string of the molecule is CC/C=C\CCOCCCCCP(=O)(O)OC. The molecule has 0 saturated heterocycles. The second kappa shape index (κ2) is 11.0. The molecule has 0 aromatic carbocycles. The fourth-order valence-electron chi connectivity index (χ4n) is 1.32. The maximum Gasteiger partial charge on any atom is 0.327 e. The van der Waals surface area contributed by atoms with E-state index in [9.17, 15) is 4.57 Å². The third-order valence-electron chi connectivity index (χ3n) is 2.35. The van der Waals surface area contributed by atoms with E-state index in [1.165, 1.54) is 7.11 Å². The monoisotopic (exact) mass is 264 g/mol. The van der Waals surface area contributed by atoms with E-state index in [4.69, 9.17) is 9.63 Å². The Hall–Kier alpha value is -0.150. The van der Waals surface area contributed by atoms with Crippen LogP contribution in [0.5, 0.6) is 0 Å². The van der Waals surface area contributed by atoms with Crippen molar-refractivity contribution in [1.29, 1.82) is 0 Å². The minimum atomic E-state index is -3.30. The lowest BCUT2D eigenvalue weighted by atomic mass is 10.3. The first-order chi connectivity index (χ1) is 8.12. The van der Waals surface area contributed by atoms with Crippen molar-refractivity contribution < 1.29 is 18.7 Å². The van der Waals surface area contributed by atoms with Gasteiger partial charge >= 0.3 is 7.60 Å². The number of ether oxygens (including phenoxy) is 1. The van der Waals surface area contributed by atoms with Gasteiger partial charge < -0.3 is 14.2 Å². The van der Waals surface area contributed by atoms with E-state index >= 15 is 0 Å². The summed E-state index contributed by atoms with van der Waals surface area (Å²) in [6.07, 6.45) is 9.07. The zero-order valence-electron chi connectivity index (χ0n) is 10.9. The molecule has 0 amide bonds. The Kier molecular flexibility index (Phi) is 10.9. The van der Waals surface area contributed by atoms with Gasteiger partial charge in [0.05, 0.1) is 6.61 Å². The van der Waals surface area contributed by atoms with Crippen LogP contribution in [0.15, 0.2) is 12.2 Å². The molecule has 0 heterocycles. The zero-order chi connectivity index (χ0) is 13.0. The average Bonchev–Trinajstić information content (AvgIpc) is 2.31. The predicted molar refractivity (Wildman–Crippen MR) is 70.4 cm³/mol. The number of hydrogen-bond donors (Lipinski definition) is 1. The zero-order valence-corrected chi connectivity index (χ0v) is 11.8. The van der Waals surface area contributed by atoms with Gasteiger partial charge in [-0.2, -0.15) is 0 Å². The molecule has 0 aromatic rings. The van der Waals surface area contributed by atoms with Crippen LogP contribution in [0, 0.1) is 0 Å². The molecule has 17 heavy (non-hydrogen) atoms. The van der Waals surface area contributed by atoms with Gasteiger partial charge in [0.2, 0.25) is 0 Å². The summed E-state index contributed by atoms with van der Waals surface area (Å²) in [4.78, 5) is 9.14. The number of hydrogen-bond acceptors (Lipinski definition) is 3. The van der Waals surface area contributed by atoms with Gasteiger partial charge in [-0.1, -0.05) is 25.5 Å². The molecule has 0 spiro atoms. The Bertz CT molecular complexity index is 241. The standard InChI is InChI=1S/C12H25O4P/c1-3-4-5-7-10-16-11-8-6-9-12-17(13,14)15-2/h4-5H,3,6-12H2,1-2H3,(H,13,14)/b5-4-. The van der Waals surface area contributed by atoms with Crippen molar-refractivity contribution in [3.05, 3.63) is 12.2 Å². The Morgan fingerprint density at radius 1 is 1.18 bits per heavy atom. The van der Waals surface area contributed by atoms with Gasteiger partial charge in [-0.05, 0) is 25.7 Å². The first-order valence-corrected chi connectivity index (χ1v) is 7.99. The van der Waals surface area contributed by atoms with E-state index in [1.54, 1.807) is 0 Å². The summed E-state index contributed by atoms with van der Waals surface area (Å²) in [7, 11) is -2.03. The molecule has 102 valence electrons. The van der Waals surface area contributed by atoms with Crippen molar-refractivity contribution in [3.63, 3.8) is 0 Å². The summed E-state index contributed by atoms with van der Waals surface area (Å²) in [5.41, 5.74) is 0. The van der Waals surface area contributed by atoms with Crippen LogP contribution in [0.4, 0.5) is 0 Å². The van der Waals surface area contributed by atoms with Crippen molar-refractivity contribution in [2.45, 2.75) is 39.0 Å².